The van der Waals surface area contributed by atoms with Gasteiger partial charge in [-0.1, -0.05) is 6.07 Å². The number of benzene rings is 1. The molecule has 2 atom stereocenters. The van der Waals surface area contributed by atoms with Crippen LogP contribution < -0.4 is 5.73 Å². The Morgan fingerprint density at radius 2 is 2.12 bits per heavy atom. The summed E-state index contributed by atoms with van der Waals surface area (Å²) < 4.78 is 2.21. The zero-order valence-corrected chi connectivity index (χ0v) is 12.5. The van der Waals surface area contributed by atoms with Crippen LogP contribution >= 0.6 is 31.9 Å². The van der Waals surface area contributed by atoms with Gasteiger partial charge in [-0.2, -0.15) is 0 Å². The number of hydrogen-bond donors (Lipinski definition) is 1. The van der Waals surface area contributed by atoms with E-state index in [9.17, 15) is 0 Å². The first kappa shape index (κ1) is 12.6. The maximum atomic E-state index is 5.84. The van der Waals surface area contributed by atoms with Crippen LogP contribution in [0.1, 0.15) is 18.0 Å². The lowest BCUT2D eigenvalue weighted by Gasteiger charge is -2.25. The van der Waals surface area contributed by atoms with E-state index < -0.39 is 0 Å². The first-order valence-corrected chi connectivity index (χ1v) is 7.07. The molecular formula is C12H16Br2N2. The predicted octanol–water partition coefficient (Wildman–Crippen LogP) is 3.16. The van der Waals surface area contributed by atoms with E-state index in [4.69, 9.17) is 5.73 Å². The average Bonchev–Trinajstić information content (AvgIpc) is 2.64. The van der Waals surface area contributed by atoms with Gasteiger partial charge < -0.3 is 5.73 Å². The van der Waals surface area contributed by atoms with E-state index in [1.807, 2.05) is 0 Å². The van der Waals surface area contributed by atoms with Crippen LogP contribution in [0.3, 0.4) is 0 Å². The van der Waals surface area contributed by atoms with E-state index in [-0.39, 0.29) is 0 Å². The Morgan fingerprint density at radius 1 is 1.38 bits per heavy atom. The van der Waals surface area contributed by atoms with Crippen molar-refractivity contribution in [2.45, 2.75) is 12.5 Å². The molecule has 2 nitrogen and oxygen atoms in total. The molecule has 0 amide bonds. The highest BCUT2D eigenvalue weighted by Crippen LogP contribution is 2.37. The highest BCUT2D eigenvalue weighted by atomic mass is 79.9. The normalized spacial score (nSPS) is 26.2. The van der Waals surface area contributed by atoms with Crippen molar-refractivity contribution < 1.29 is 0 Å². The minimum Gasteiger partial charge on any atom is -0.330 e. The Balaban J connectivity index is 2.31. The number of likely N-dealkylation sites (tertiary alicyclic amines) is 1. The van der Waals surface area contributed by atoms with Crippen LogP contribution in [0.25, 0.3) is 0 Å². The Labute approximate surface area is 113 Å². The van der Waals surface area contributed by atoms with E-state index in [2.05, 4.69) is 62.0 Å². The lowest BCUT2D eigenvalue weighted by molar-refractivity contribution is 0.279. The van der Waals surface area contributed by atoms with Gasteiger partial charge in [-0.15, -0.1) is 0 Å². The largest absolute Gasteiger partial charge is 0.330 e. The molecule has 16 heavy (non-hydrogen) atoms. The van der Waals surface area contributed by atoms with Crippen molar-refractivity contribution >= 4 is 31.9 Å². The van der Waals surface area contributed by atoms with E-state index in [0.29, 0.717) is 12.0 Å². The summed E-state index contributed by atoms with van der Waals surface area (Å²) in [6.07, 6.45) is 1.20. The Hall–Kier alpha value is 0.1000. The fourth-order valence-electron chi connectivity index (χ4n) is 2.50. The van der Waals surface area contributed by atoms with Crippen molar-refractivity contribution in [2.24, 2.45) is 11.7 Å². The predicted molar refractivity (Wildman–Crippen MR) is 74.4 cm³/mol. The molecule has 1 heterocycles. The first-order valence-electron chi connectivity index (χ1n) is 5.48. The maximum Gasteiger partial charge on any atom is 0.0386 e. The van der Waals surface area contributed by atoms with Gasteiger partial charge in [-0.3, -0.25) is 4.90 Å². The van der Waals surface area contributed by atoms with Crippen LogP contribution in [0.15, 0.2) is 27.1 Å². The van der Waals surface area contributed by atoms with Crippen molar-refractivity contribution in [2.75, 3.05) is 20.1 Å². The quantitative estimate of drug-likeness (QED) is 0.890. The molecule has 2 rings (SSSR count). The van der Waals surface area contributed by atoms with Gasteiger partial charge >= 0.3 is 0 Å². The highest BCUT2D eigenvalue weighted by molar-refractivity contribution is 9.13. The van der Waals surface area contributed by atoms with Gasteiger partial charge in [0, 0.05) is 15.0 Å². The number of halogens is 2. The molecule has 4 heteroatoms. The van der Waals surface area contributed by atoms with Gasteiger partial charge in [-0.05, 0) is 82.0 Å². The molecule has 0 aliphatic carbocycles. The van der Waals surface area contributed by atoms with E-state index >= 15 is 0 Å². The summed E-state index contributed by atoms with van der Waals surface area (Å²) >= 11 is 7.06. The number of hydrogen-bond acceptors (Lipinski definition) is 2. The van der Waals surface area contributed by atoms with Crippen molar-refractivity contribution in [3.8, 4) is 0 Å². The van der Waals surface area contributed by atoms with Crippen LogP contribution in [-0.2, 0) is 0 Å². The SMILES string of the molecule is CN1CCC(CN)C1c1ccc(Br)c(Br)c1. The molecular weight excluding hydrogens is 332 g/mol. The average molecular weight is 348 g/mol. The summed E-state index contributed by atoms with van der Waals surface area (Å²) in [5.74, 6) is 0.582. The van der Waals surface area contributed by atoms with Gasteiger partial charge in [-0.25, -0.2) is 0 Å². The third-order valence-corrected chi connectivity index (χ3v) is 5.24. The van der Waals surface area contributed by atoms with Crippen LogP contribution in [0.4, 0.5) is 0 Å². The third-order valence-electron chi connectivity index (χ3n) is 3.36. The molecule has 1 aromatic rings. The summed E-state index contributed by atoms with van der Waals surface area (Å²) in [4.78, 5) is 2.40. The topological polar surface area (TPSA) is 29.3 Å². The monoisotopic (exact) mass is 346 g/mol. The first-order chi connectivity index (χ1) is 7.63. The van der Waals surface area contributed by atoms with Gasteiger partial charge in [0.1, 0.15) is 0 Å². The number of rotatable bonds is 2. The minimum absolute atomic E-state index is 0.467. The maximum absolute atomic E-state index is 5.84. The zero-order valence-electron chi connectivity index (χ0n) is 9.29. The molecule has 2 N–H and O–H groups in total. The number of nitrogens with zero attached hydrogens (tertiary/aromatic N) is 1. The van der Waals surface area contributed by atoms with Crippen molar-refractivity contribution in [1.29, 1.82) is 0 Å². The van der Waals surface area contributed by atoms with Crippen LogP contribution in [-0.4, -0.2) is 25.0 Å². The van der Waals surface area contributed by atoms with Gasteiger partial charge in [0.2, 0.25) is 0 Å². The molecule has 0 radical (unpaired) electrons. The molecule has 2 unspecified atom stereocenters. The van der Waals surface area contributed by atoms with Crippen LogP contribution in [0.2, 0.25) is 0 Å². The third kappa shape index (κ3) is 2.35. The fourth-order valence-corrected chi connectivity index (χ4v) is 3.14. The highest BCUT2D eigenvalue weighted by Gasteiger charge is 2.31. The van der Waals surface area contributed by atoms with Crippen molar-refractivity contribution in [1.82, 2.24) is 4.90 Å². The van der Waals surface area contributed by atoms with Crippen molar-refractivity contribution in [3.63, 3.8) is 0 Å². The lowest BCUT2D eigenvalue weighted by atomic mass is 9.94. The molecule has 1 aromatic carbocycles. The molecule has 0 saturated carbocycles. The number of nitrogens with two attached hydrogens (primary N) is 1. The zero-order chi connectivity index (χ0) is 11.7. The molecule has 0 spiro atoms. The standard InChI is InChI=1S/C12H16Br2N2/c1-16-5-4-9(7-15)12(16)8-2-3-10(13)11(14)6-8/h2-3,6,9,12H,4-5,7,15H2,1H3. The summed E-state index contributed by atoms with van der Waals surface area (Å²) in [5, 5.41) is 0. The van der Waals surface area contributed by atoms with E-state index in [0.717, 1.165) is 22.0 Å². The lowest BCUT2D eigenvalue weighted by Crippen LogP contribution is -2.25. The minimum atomic E-state index is 0.467. The molecule has 1 fully saturated rings. The summed E-state index contributed by atoms with van der Waals surface area (Å²) in [5.41, 5.74) is 7.20. The van der Waals surface area contributed by atoms with E-state index in [1.54, 1.807) is 0 Å². The van der Waals surface area contributed by atoms with E-state index in [1.165, 1.54) is 12.0 Å². The summed E-state index contributed by atoms with van der Waals surface area (Å²) in [7, 11) is 2.18. The van der Waals surface area contributed by atoms with Crippen LogP contribution in [0, 0.1) is 5.92 Å². The Morgan fingerprint density at radius 3 is 2.75 bits per heavy atom. The molecule has 0 bridgehead atoms. The smallest absolute Gasteiger partial charge is 0.0386 e. The second-order valence-electron chi connectivity index (χ2n) is 4.38. The molecule has 1 aliphatic heterocycles. The Bertz CT molecular complexity index is 381. The molecule has 0 aromatic heterocycles. The molecule has 1 aliphatic rings. The Kier molecular flexibility index (Phi) is 4.06. The van der Waals surface area contributed by atoms with Crippen LogP contribution in [0.5, 0.6) is 0 Å². The summed E-state index contributed by atoms with van der Waals surface area (Å²) in [6.45, 7) is 1.91. The van der Waals surface area contributed by atoms with Gasteiger partial charge in [0.25, 0.3) is 0 Å². The van der Waals surface area contributed by atoms with Gasteiger partial charge in [0.05, 0.1) is 0 Å². The second kappa shape index (κ2) is 5.17. The fraction of sp³-hybridized carbons (Fsp3) is 0.500. The molecule has 88 valence electrons. The summed E-state index contributed by atoms with van der Waals surface area (Å²) in [6, 6.07) is 6.94. The second-order valence-corrected chi connectivity index (χ2v) is 6.09. The van der Waals surface area contributed by atoms with Crippen molar-refractivity contribution in [3.05, 3.63) is 32.7 Å². The molecule has 1 saturated heterocycles. The van der Waals surface area contributed by atoms with Gasteiger partial charge in [0.15, 0.2) is 0 Å².